The van der Waals surface area contributed by atoms with Gasteiger partial charge < -0.3 is 5.11 Å². The van der Waals surface area contributed by atoms with E-state index in [1.807, 2.05) is 6.07 Å². The van der Waals surface area contributed by atoms with Gasteiger partial charge in [0, 0.05) is 6.54 Å². The molecule has 2 aliphatic rings. The highest BCUT2D eigenvalue weighted by Gasteiger charge is 2.19. The molecule has 110 valence electrons. The van der Waals surface area contributed by atoms with Crippen LogP contribution in [0.5, 0.6) is 5.75 Å². The molecule has 1 saturated heterocycles. The number of hydrogen-bond donors (Lipinski definition) is 1. The first-order chi connectivity index (χ1) is 9.83. The maximum Gasteiger partial charge on any atom is 0.119 e. The van der Waals surface area contributed by atoms with Crippen LogP contribution in [0.3, 0.4) is 0 Å². The van der Waals surface area contributed by atoms with Crippen LogP contribution in [-0.2, 0) is 6.54 Å². The van der Waals surface area contributed by atoms with Crippen molar-refractivity contribution in [2.75, 3.05) is 13.1 Å². The fourth-order valence-corrected chi connectivity index (χ4v) is 3.82. The summed E-state index contributed by atoms with van der Waals surface area (Å²) in [6.45, 7) is 3.53. The van der Waals surface area contributed by atoms with Crippen molar-refractivity contribution >= 4 is 0 Å². The van der Waals surface area contributed by atoms with Crippen LogP contribution in [0.4, 0.5) is 0 Å². The summed E-state index contributed by atoms with van der Waals surface area (Å²) < 4.78 is 0. The maximum absolute atomic E-state index is 10.2. The van der Waals surface area contributed by atoms with Crippen LogP contribution < -0.4 is 0 Å². The van der Waals surface area contributed by atoms with Gasteiger partial charge in [-0.05, 0) is 61.9 Å². The lowest BCUT2D eigenvalue weighted by Gasteiger charge is -2.27. The highest BCUT2D eigenvalue weighted by molar-refractivity contribution is 5.39. The lowest BCUT2D eigenvalue weighted by Crippen LogP contribution is -2.29. The SMILES string of the molecule is Oc1ccc(CN2CCCCC2)cc1C1CCCCC1. The van der Waals surface area contributed by atoms with Crippen molar-refractivity contribution in [1.82, 2.24) is 4.90 Å². The van der Waals surface area contributed by atoms with E-state index in [4.69, 9.17) is 0 Å². The van der Waals surface area contributed by atoms with Crippen LogP contribution in [-0.4, -0.2) is 23.1 Å². The van der Waals surface area contributed by atoms with Crippen molar-refractivity contribution in [3.63, 3.8) is 0 Å². The topological polar surface area (TPSA) is 23.5 Å². The first-order valence-corrected chi connectivity index (χ1v) is 8.37. The van der Waals surface area contributed by atoms with E-state index in [0.29, 0.717) is 11.7 Å². The Morgan fingerprint density at radius 2 is 1.65 bits per heavy atom. The molecule has 1 aliphatic carbocycles. The van der Waals surface area contributed by atoms with Gasteiger partial charge in [0.2, 0.25) is 0 Å². The zero-order chi connectivity index (χ0) is 13.8. The van der Waals surface area contributed by atoms with Crippen molar-refractivity contribution in [3.8, 4) is 5.75 Å². The molecule has 3 rings (SSSR count). The van der Waals surface area contributed by atoms with Crippen molar-refractivity contribution in [3.05, 3.63) is 29.3 Å². The summed E-state index contributed by atoms with van der Waals surface area (Å²) in [7, 11) is 0. The first kappa shape index (κ1) is 13.9. The highest BCUT2D eigenvalue weighted by Crippen LogP contribution is 2.37. The van der Waals surface area contributed by atoms with E-state index in [1.165, 1.54) is 75.6 Å². The molecule has 1 aliphatic heterocycles. The number of phenolic OH excluding ortho intramolecular Hbond substituents is 1. The normalized spacial score (nSPS) is 22.0. The highest BCUT2D eigenvalue weighted by atomic mass is 16.3. The minimum absolute atomic E-state index is 0.513. The van der Waals surface area contributed by atoms with Crippen LogP contribution >= 0.6 is 0 Å². The minimum Gasteiger partial charge on any atom is -0.508 e. The zero-order valence-corrected chi connectivity index (χ0v) is 12.5. The Bertz CT molecular complexity index is 431. The Morgan fingerprint density at radius 3 is 2.40 bits per heavy atom. The van der Waals surface area contributed by atoms with E-state index in [1.54, 1.807) is 0 Å². The Morgan fingerprint density at radius 1 is 0.950 bits per heavy atom. The molecule has 2 heteroatoms. The van der Waals surface area contributed by atoms with Gasteiger partial charge in [0.1, 0.15) is 5.75 Å². The first-order valence-electron chi connectivity index (χ1n) is 8.37. The van der Waals surface area contributed by atoms with E-state index in [9.17, 15) is 5.11 Å². The molecule has 20 heavy (non-hydrogen) atoms. The van der Waals surface area contributed by atoms with E-state index in [0.717, 1.165) is 6.54 Å². The van der Waals surface area contributed by atoms with Gasteiger partial charge >= 0.3 is 0 Å². The molecule has 1 N–H and O–H groups in total. The molecule has 0 atom stereocenters. The average Bonchev–Trinajstić information content (AvgIpc) is 2.51. The molecular weight excluding hydrogens is 246 g/mol. The van der Waals surface area contributed by atoms with Gasteiger partial charge in [-0.15, -0.1) is 0 Å². The third kappa shape index (κ3) is 3.35. The predicted octanol–water partition coefficient (Wildman–Crippen LogP) is 4.43. The summed E-state index contributed by atoms with van der Waals surface area (Å²) in [5.74, 6) is 1.10. The van der Waals surface area contributed by atoms with E-state index >= 15 is 0 Å². The van der Waals surface area contributed by atoms with Crippen LogP contribution in [0.2, 0.25) is 0 Å². The number of aromatic hydroxyl groups is 1. The quantitative estimate of drug-likeness (QED) is 0.881. The second-order valence-electron chi connectivity index (χ2n) is 6.56. The largest absolute Gasteiger partial charge is 0.508 e. The molecule has 0 spiro atoms. The van der Waals surface area contributed by atoms with Crippen LogP contribution in [0.25, 0.3) is 0 Å². The van der Waals surface area contributed by atoms with Crippen molar-refractivity contribution < 1.29 is 5.11 Å². The molecule has 1 aromatic rings. The number of rotatable bonds is 3. The molecule has 1 aromatic carbocycles. The van der Waals surface area contributed by atoms with E-state index in [2.05, 4.69) is 17.0 Å². The van der Waals surface area contributed by atoms with Gasteiger partial charge in [-0.1, -0.05) is 37.8 Å². The number of phenols is 1. The summed E-state index contributed by atoms with van der Waals surface area (Å²) in [6.07, 6.45) is 10.6. The van der Waals surface area contributed by atoms with Crippen LogP contribution in [0.1, 0.15) is 68.4 Å². The van der Waals surface area contributed by atoms with E-state index in [-0.39, 0.29) is 0 Å². The predicted molar refractivity (Wildman–Crippen MR) is 83.1 cm³/mol. The van der Waals surface area contributed by atoms with Crippen molar-refractivity contribution in [1.29, 1.82) is 0 Å². The molecule has 0 amide bonds. The van der Waals surface area contributed by atoms with Crippen molar-refractivity contribution in [2.24, 2.45) is 0 Å². The zero-order valence-electron chi connectivity index (χ0n) is 12.5. The van der Waals surface area contributed by atoms with Gasteiger partial charge in [0.25, 0.3) is 0 Å². The Hall–Kier alpha value is -1.02. The molecular formula is C18H27NO. The Balaban J connectivity index is 1.71. The molecule has 1 saturated carbocycles. The molecule has 0 unspecified atom stereocenters. The molecule has 0 bridgehead atoms. The molecule has 2 fully saturated rings. The van der Waals surface area contributed by atoms with Gasteiger partial charge in [0.15, 0.2) is 0 Å². The van der Waals surface area contributed by atoms with E-state index < -0.39 is 0 Å². The second-order valence-corrected chi connectivity index (χ2v) is 6.56. The number of piperidine rings is 1. The fourth-order valence-electron chi connectivity index (χ4n) is 3.82. The summed E-state index contributed by atoms with van der Waals surface area (Å²) in [5, 5.41) is 10.2. The number of likely N-dealkylation sites (tertiary alicyclic amines) is 1. The summed E-state index contributed by atoms with van der Waals surface area (Å²) >= 11 is 0. The third-order valence-corrected chi connectivity index (χ3v) is 4.99. The molecule has 0 radical (unpaired) electrons. The number of nitrogens with zero attached hydrogens (tertiary/aromatic N) is 1. The summed E-state index contributed by atoms with van der Waals surface area (Å²) in [5.41, 5.74) is 2.59. The monoisotopic (exact) mass is 273 g/mol. The number of benzene rings is 1. The average molecular weight is 273 g/mol. The second kappa shape index (κ2) is 6.62. The van der Waals surface area contributed by atoms with Crippen molar-refractivity contribution in [2.45, 2.75) is 63.8 Å². The fraction of sp³-hybridized carbons (Fsp3) is 0.667. The Kier molecular flexibility index (Phi) is 4.62. The van der Waals surface area contributed by atoms with Crippen LogP contribution in [0.15, 0.2) is 18.2 Å². The molecule has 1 heterocycles. The summed E-state index contributed by atoms with van der Waals surface area (Å²) in [6, 6.07) is 6.30. The standard InChI is InChI=1S/C18H27NO/c20-18-10-9-15(14-19-11-5-2-6-12-19)13-17(18)16-7-3-1-4-8-16/h9-10,13,16,20H,1-8,11-12,14H2. The molecule has 2 nitrogen and oxygen atoms in total. The van der Waals surface area contributed by atoms with Gasteiger partial charge in [0.05, 0.1) is 0 Å². The lowest BCUT2D eigenvalue weighted by molar-refractivity contribution is 0.220. The van der Waals surface area contributed by atoms with Gasteiger partial charge in [-0.25, -0.2) is 0 Å². The van der Waals surface area contributed by atoms with Gasteiger partial charge in [-0.2, -0.15) is 0 Å². The smallest absolute Gasteiger partial charge is 0.119 e. The number of hydrogen-bond acceptors (Lipinski definition) is 2. The third-order valence-electron chi connectivity index (χ3n) is 4.99. The Labute approximate surface area is 122 Å². The minimum atomic E-state index is 0.513. The maximum atomic E-state index is 10.2. The summed E-state index contributed by atoms with van der Waals surface area (Å²) in [4.78, 5) is 2.56. The van der Waals surface area contributed by atoms with Crippen LogP contribution in [0, 0.1) is 0 Å². The lowest BCUT2D eigenvalue weighted by atomic mass is 9.83. The van der Waals surface area contributed by atoms with Gasteiger partial charge in [-0.3, -0.25) is 4.90 Å². The molecule has 0 aromatic heterocycles.